The summed E-state index contributed by atoms with van der Waals surface area (Å²) in [6, 6.07) is 9.02. The average molecular weight is 345 g/mol. The molecule has 7 nitrogen and oxygen atoms in total. The summed E-state index contributed by atoms with van der Waals surface area (Å²) in [5, 5.41) is 13.2. The van der Waals surface area contributed by atoms with Crippen LogP contribution in [0.15, 0.2) is 24.3 Å². The van der Waals surface area contributed by atoms with Crippen molar-refractivity contribution in [2.45, 2.75) is 32.6 Å². The van der Waals surface area contributed by atoms with Gasteiger partial charge in [-0.1, -0.05) is 32.9 Å². The third-order valence-electron chi connectivity index (χ3n) is 3.33. The van der Waals surface area contributed by atoms with Crippen molar-refractivity contribution in [1.82, 2.24) is 10.6 Å². The van der Waals surface area contributed by atoms with E-state index in [-0.39, 0.29) is 24.9 Å². The molecule has 0 aliphatic carbocycles. The molecule has 0 radical (unpaired) electrons. The molecule has 0 spiro atoms. The number of esters is 1. The van der Waals surface area contributed by atoms with Crippen molar-refractivity contribution in [1.29, 1.82) is 5.26 Å². The van der Waals surface area contributed by atoms with Crippen LogP contribution in [0.25, 0.3) is 0 Å². The molecule has 0 saturated carbocycles. The van der Waals surface area contributed by atoms with Gasteiger partial charge in [-0.25, -0.2) is 0 Å². The van der Waals surface area contributed by atoms with Gasteiger partial charge in [0.2, 0.25) is 0 Å². The topological polar surface area (TPSA) is 108 Å². The standard InChI is InChI=1S/C18H23N3O4/c1-18(2,3)14-7-5-13(6-8-14)17(24)21-11-16(23)25-12-15(22)20-10-4-9-19/h5-8H,4,10-12H2,1-3H3,(H,20,22)(H,21,24). The monoisotopic (exact) mass is 345 g/mol. The van der Waals surface area contributed by atoms with Crippen LogP contribution in [0.2, 0.25) is 0 Å². The highest BCUT2D eigenvalue weighted by molar-refractivity contribution is 5.96. The number of rotatable bonds is 7. The van der Waals surface area contributed by atoms with E-state index in [1.54, 1.807) is 12.1 Å². The van der Waals surface area contributed by atoms with Gasteiger partial charge in [0.1, 0.15) is 6.54 Å². The van der Waals surface area contributed by atoms with Crippen LogP contribution in [0.1, 0.15) is 43.1 Å². The molecular formula is C18H23N3O4. The van der Waals surface area contributed by atoms with Crippen molar-refractivity contribution < 1.29 is 19.1 Å². The SMILES string of the molecule is CC(C)(C)c1ccc(C(=O)NCC(=O)OCC(=O)NCCC#N)cc1. The quantitative estimate of drug-likeness (QED) is 0.572. The van der Waals surface area contributed by atoms with Crippen LogP contribution in [0.4, 0.5) is 0 Å². The highest BCUT2D eigenvalue weighted by Gasteiger charge is 2.15. The normalized spacial score (nSPS) is 10.5. The molecule has 134 valence electrons. The predicted molar refractivity (Wildman–Crippen MR) is 91.7 cm³/mol. The predicted octanol–water partition coefficient (Wildman–Crippen LogP) is 1.29. The van der Waals surface area contributed by atoms with E-state index < -0.39 is 24.4 Å². The maximum atomic E-state index is 12.0. The Morgan fingerprint density at radius 1 is 1.12 bits per heavy atom. The summed E-state index contributed by atoms with van der Waals surface area (Å²) in [7, 11) is 0. The summed E-state index contributed by atoms with van der Waals surface area (Å²) in [5.74, 6) is -1.60. The molecule has 1 aromatic carbocycles. The van der Waals surface area contributed by atoms with Gasteiger partial charge >= 0.3 is 5.97 Å². The maximum Gasteiger partial charge on any atom is 0.325 e. The van der Waals surface area contributed by atoms with Gasteiger partial charge in [0.15, 0.2) is 6.61 Å². The Morgan fingerprint density at radius 3 is 2.32 bits per heavy atom. The van der Waals surface area contributed by atoms with Crippen molar-refractivity contribution >= 4 is 17.8 Å². The Kier molecular flexibility index (Phi) is 7.60. The third kappa shape index (κ3) is 7.48. The molecule has 0 heterocycles. The van der Waals surface area contributed by atoms with Gasteiger partial charge in [0.05, 0.1) is 12.5 Å². The van der Waals surface area contributed by atoms with Gasteiger partial charge in [-0.05, 0) is 23.1 Å². The lowest BCUT2D eigenvalue weighted by atomic mass is 9.87. The summed E-state index contributed by atoms with van der Waals surface area (Å²) in [6.07, 6.45) is 0.184. The van der Waals surface area contributed by atoms with Crippen LogP contribution in [0.5, 0.6) is 0 Å². The number of hydrogen-bond acceptors (Lipinski definition) is 5. The highest BCUT2D eigenvalue weighted by Crippen LogP contribution is 2.22. The fraction of sp³-hybridized carbons (Fsp3) is 0.444. The zero-order chi connectivity index (χ0) is 18.9. The molecule has 25 heavy (non-hydrogen) atoms. The number of nitrogens with zero attached hydrogens (tertiary/aromatic N) is 1. The second-order valence-corrected chi connectivity index (χ2v) is 6.43. The molecule has 0 bridgehead atoms. The van der Waals surface area contributed by atoms with E-state index in [0.29, 0.717) is 5.56 Å². The molecule has 0 atom stereocenters. The lowest BCUT2D eigenvalue weighted by Crippen LogP contribution is -2.34. The molecule has 0 aromatic heterocycles. The zero-order valence-corrected chi connectivity index (χ0v) is 14.7. The first-order chi connectivity index (χ1) is 11.7. The number of ether oxygens (including phenoxy) is 1. The van der Waals surface area contributed by atoms with Crippen molar-refractivity contribution in [3.05, 3.63) is 35.4 Å². The fourth-order valence-electron chi connectivity index (χ4n) is 1.88. The van der Waals surface area contributed by atoms with Gasteiger partial charge in [-0.2, -0.15) is 5.26 Å². The summed E-state index contributed by atoms with van der Waals surface area (Å²) in [6.45, 7) is 5.66. The molecular weight excluding hydrogens is 322 g/mol. The molecule has 0 saturated heterocycles. The van der Waals surface area contributed by atoms with Crippen LogP contribution in [-0.4, -0.2) is 37.5 Å². The minimum Gasteiger partial charge on any atom is -0.454 e. The third-order valence-corrected chi connectivity index (χ3v) is 3.33. The van der Waals surface area contributed by atoms with Crippen LogP contribution in [-0.2, 0) is 19.7 Å². The maximum absolute atomic E-state index is 12.0. The largest absolute Gasteiger partial charge is 0.454 e. The zero-order valence-electron chi connectivity index (χ0n) is 14.7. The van der Waals surface area contributed by atoms with E-state index in [9.17, 15) is 14.4 Å². The Hall–Kier alpha value is -2.88. The van der Waals surface area contributed by atoms with Gasteiger partial charge in [-0.3, -0.25) is 14.4 Å². The number of hydrogen-bond donors (Lipinski definition) is 2. The Balaban J connectivity index is 2.37. The highest BCUT2D eigenvalue weighted by atomic mass is 16.5. The minimum absolute atomic E-state index is 0.00732. The van der Waals surface area contributed by atoms with Crippen LogP contribution in [0, 0.1) is 11.3 Å². The molecule has 7 heteroatoms. The van der Waals surface area contributed by atoms with Crippen LogP contribution < -0.4 is 10.6 Å². The summed E-state index contributed by atoms with van der Waals surface area (Å²) < 4.78 is 4.74. The summed E-state index contributed by atoms with van der Waals surface area (Å²) in [5.41, 5.74) is 1.54. The molecule has 0 fully saturated rings. The first kappa shape index (κ1) is 20.2. The molecule has 2 N–H and O–H groups in total. The number of nitrogens with one attached hydrogen (secondary N) is 2. The molecule has 0 aliphatic heterocycles. The van der Waals surface area contributed by atoms with E-state index in [2.05, 4.69) is 31.4 Å². The van der Waals surface area contributed by atoms with E-state index >= 15 is 0 Å². The Morgan fingerprint density at radius 2 is 1.76 bits per heavy atom. The lowest BCUT2D eigenvalue weighted by molar-refractivity contribution is -0.147. The molecule has 1 aromatic rings. The lowest BCUT2D eigenvalue weighted by Gasteiger charge is -2.19. The molecule has 2 amide bonds. The van der Waals surface area contributed by atoms with E-state index in [1.165, 1.54) is 0 Å². The van der Waals surface area contributed by atoms with Gasteiger partial charge < -0.3 is 15.4 Å². The van der Waals surface area contributed by atoms with Crippen molar-refractivity contribution in [2.75, 3.05) is 19.7 Å². The number of nitriles is 1. The number of carbonyl (C=O) groups is 3. The first-order valence-electron chi connectivity index (χ1n) is 7.92. The van der Waals surface area contributed by atoms with E-state index in [1.807, 2.05) is 18.2 Å². The van der Waals surface area contributed by atoms with Crippen molar-refractivity contribution in [2.24, 2.45) is 0 Å². The van der Waals surface area contributed by atoms with Gasteiger partial charge in [0, 0.05) is 12.1 Å². The second-order valence-electron chi connectivity index (χ2n) is 6.43. The number of carbonyl (C=O) groups excluding carboxylic acids is 3. The fourth-order valence-corrected chi connectivity index (χ4v) is 1.88. The Labute approximate surface area is 147 Å². The average Bonchev–Trinajstić information content (AvgIpc) is 2.57. The van der Waals surface area contributed by atoms with Gasteiger partial charge in [-0.15, -0.1) is 0 Å². The van der Waals surface area contributed by atoms with Crippen LogP contribution in [0.3, 0.4) is 0 Å². The van der Waals surface area contributed by atoms with Crippen LogP contribution >= 0.6 is 0 Å². The number of benzene rings is 1. The smallest absolute Gasteiger partial charge is 0.325 e. The van der Waals surface area contributed by atoms with Crippen molar-refractivity contribution in [3.8, 4) is 6.07 Å². The summed E-state index contributed by atoms with van der Waals surface area (Å²) >= 11 is 0. The summed E-state index contributed by atoms with van der Waals surface area (Å²) in [4.78, 5) is 34.8. The van der Waals surface area contributed by atoms with E-state index in [4.69, 9.17) is 10.00 Å². The van der Waals surface area contributed by atoms with E-state index in [0.717, 1.165) is 5.56 Å². The Bertz CT molecular complexity index is 654. The van der Waals surface area contributed by atoms with Crippen molar-refractivity contribution in [3.63, 3.8) is 0 Å². The molecule has 0 aliphatic rings. The second kappa shape index (κ2) is 9.42. The molecule has 0 unspecified atom stereocenters. The first-order valence-corrected chi connectivity index (χ1v) is 7.92. The molecule has 1 rings (SSSR count). The van der Waals surface area contributed by atoms with Gasteiger partial charge in [0.25, 0.3) is 11.8 Å². The minimum atomic E-state index is -0.713. The number of amides is 2.